The van der Waals surface area contributed by atoms with E-state index in [1.807, 2.05) is 38.3 Å². The molecular formula is C14H23NO2S. The minimum atomic E-state index is -0.848. The normalized spacial score (nSPS) is 17.8. The molecule has 0 aliphatic carbocycles. The fraction of sp³-hybridized carbons (Fsp3) is 0.643. The van der Waals surface area contributed by atoms with Gasteiger partial charge >= 0.3 is 0 Å². The molecule has 0 fully saturated rings. The number of hydrogen-bond donors (Lipinski definition) is 2. The molecule has 0 aromatic carbocycles. The summed E-state index contributed by atoms with van der Waals surface area (Å²) in [7, 11) is 0. The highest BCUT2D eigenvalue weighted by Crippen LogP contribution is 2.22. The average molecular weight is 269 g/mol. The van der Waals surface area contributed by atoms with Gasteiger partial charge < -0.3 is 10.4 Å². The summed E-state index contributed by atoms with van der Waals surface area (Å²) in [4.78, 5) is 13.0. The molecule has 0 aliphatic heterocycles. The lowest BCUT2D eigenvalue weighted by molar-refractivity contribution is -0.123. The second-order valence-electron chi connectivity index (χ2n) is 5.12. The van der Waals surface area contributed by atoms with Crippen LogP contribution in [0.15, 0.2) is 17.5 Å². The number of carbonyl (C=O) groups excluding carboxylic acids is 1. The predicted molar refractivity (Wildman–Crippen MR) is 75.8 cm³/mol. The van der Waals surface area contributed by atoms with Crippen molar-refractivity contribution in [2.45, 2.75) is 45.6 Å². The summed E-state index contributed by atoms with van der Waals surface area (Å²) < 4.78 is 0. The van der Waals surface area contributed by atoms with Gasteiger partial charge in [-0.15, -0.1) is 11.3 Å². The van der Waals surface area contributed by atoms with Crippen LogP contribution >= 0.6 is 11.3 Å². The fourth-order valence-corrected chi connectivity index (χ4v) is 2.48. The summed E-state index contributed by atoms with van der Waals surface area (Å²) in [6, 6.07) is 3.90. The van der Waals surface area contributed by atoms with Gasteiger partial charge in [-0.05, 0) is 31.2 Å². The Hall–Kier alpha value is -0.870. The Morgan fingerprint density at radius 2 is 2.22 bits per heavy atom. The monoisotopic (exact) mass is 269 g/mol. The van der Waals surface area contributed by atoms with Crippen molar-refractivity contribution < 1.29 is 9.90 Å². The van der Waals surface area contributed by atoms with Gasteiger partial charge in [-0.1, -0.05) is 26.3 Å². The third kappa shape index (κ3) is 3.82. The maximum absolute atomic E-state index is 12.0. The van der Waals surface area contributed by atoms with Crippen molar-refractivity contribution >= 4 is 17.2 Å². The van der Waals surface area contributed by atoms with E-state index >= 15 is 0 Å². The van der Waals surface area contributed by atoms with Crippen LogP contribution < -0.4 is 5.32 Å². The van der Waals surface area contributed by atoms with E-state index < -0.39 is 5.60 Å². The zero-order valence-corrected chi connectivity index (χ0v) is 12.4. The van der Waals surface area contributed by atoms with Gasteiger partial charge in [-0.3, -0.25) is 4.79 Å². The number of thiophene rings is 1. The number of amides is 1. The Labute approximate surface area is 113 Å². The first-order chi connectivity index (χ1) is 8.38. The molecule has 1 rings (SSSR count). The van der Waals surface area contributed by atoms with Crippen molar-refractivity contribution in [2.75, 3.05) is 6.54 Å². The van der Waals surface area contributed by atoms with Gasteiger partial charge in [0.05, 0.1) is 11.5 Å². The lowest BCUT2D eigenvalue weighted by Crippen LogP contribution is -2.45. The average Bonchev–Trinajstić information content (AvgIpc) is 2.87. The maximum atomic E-state index is 12.0. The van der Waals surface area contributed by atoms with Crippen LogP contribution in [0, 0.1) is 5.92 Å². The second-order valence-corrected chi connectivity index (χ2v) is 6.10. The van der Waals surface area contributed by atoms with Gasteiger partial charge in [0.2, 0.25) is 5.91 Å². The summed E-state index contributed by atoms with van der Waals surface area (Å²) in [6.07, 6.45) is 0.892. The Morgan fingerprint density at radius 3 is 2.72 bits per heavy atom. The lowest BCUT2D eigenvalue weighted by atomic mass is 9.88. The molecule has 3 nitrogen and oxygen atoms in total. The first-order valence-corrected chi connectivity index (χ1v) is 7.30. The lowest BCUT2D eigenvalue weighted by Gasteiger charge is -2.30. The number of rotatable bonds is 6. The molecule has 0 radical (unpaired) electrons. The molecule has 3 atom stereocenters. The van der Waals surface area contributed by atoms with E-state index in [9.17, 15) is 9.90 Å². The molecular weight excluding hydrogens is 246 g/mol. The number of hydrogen-bond acceptors (Lipinski definition) is 3. The summed E-state index contributed by atoms with van der Waals surface area (Å²) in [6.45, 7) is 8.00. The van der Waals surface area contributed by atoms with E-state index in [4.69, 9.17) is 0 Å². The Morgan fingerprint density at radius 1 is 1.56 bits per heavy atom. The van der Waals surface area contributed by atoms with E-state index in [1.54, 1.807) is 18.3 Å². The molecule has 18 heavy (non-hydrogen) atoms. The van der Waals surface area contributed by atoms with Crippen molar-refractivity contribution in [3.63, 3.8) is 0 Å². The molecule has 0 saturated heterocycles. The third-order valence-corrected chi connectivity index (χ3v) is 4.71. The summed E-state index contributed by atoms with van der Waals surface area (Å²) in [5.41, 5.74) is -0.848. The molecule has 102 valence electrons. The molecule has 1 aromatic heterocycles. The minimum Gasteiger partial charge on any atom is -0.388 e. The highest BCUT2D eigenvalue weighted by atomic mass is 32.1. The van der Waals surface area contributed by atoms with Crippen molar-refractivity contribution in [3.05, 3.63) is 22.4 Å². The van der Waals surface area contributed by atoms with Crippen molar-refractivity contribution in [3.8, 4) is 0 Å². The molecule has 3 unspecified atom stereocenters. The van der Waals surface area contributed by atoms with Crippen LogP contribution in [0.4, 0.5) is 0 Å². The van der Waals surface area contributed by atoms with Crippen molar-refractivity contribution in [2.24, 2.45) is 5.92 Å². The number of aliphatic hydroxyl groups is 1. The summed E-state index contributed by atoms with van der Waals surface area (Å²) in [5, 5.41) is 15.0. The fourth-order valence-electron chi connectivity index (χ4n) is 1.70. The molecule has 1 amide bonds. The second kappa shape index (κ2) is 6.34. The topological polar surface area (TPSA) is 49.3 Å². The largest absolute Gasteiger partial charge is 0.388 e. The Kier molecular flexibility index (Phi) is 5.35. The smallest absolute Gasteiger partial charge is 0.228 e. The van der Waals surface area contributed by atoms with Crippen LogP contribution in [0.2, 0.25) is 0 Å². The van der Waals surface area contributed by atoms with Crippen LogP contribution in [0.1, 0.15) is 44.9 Å². The Bertz CT molecular complexity index is 373. The molecule has 1 heterocycles. The van der Waals surface area contributed by atoms with E-state index in [0.29, 0.717) is 6.54 Å². The van der Waals surface area contributed by atoms with Gasteiger partial charge in [0.15, 0.2) is 0 Å². The van der Waals surface area contributed by atoms with Gasteiger partial charge in [0.1, 0.15) is 0 Å². The van der Waals surface area contributed by atoms with Gasteiger partial charge in [-0.2, -0.15) is 0 Å². The van der Waals surface area contributed by atoms with Crippen LogP contribution in [-0.2, 0) is 4.79 Å². The highest BCUT2D eigenvalue weighted by molar-refractivity contribution is 7.10. The van der Waals surface area contributed by atoms with Gasteiger partial charge in [0.25, 0.3) is 0 Å². The molecule has 1 aromatic rings. The molecule has 0 saturated carbocycles. The summed E-state index contributed by atoms with van der Waals surface area (Å²) >= 11 is 1.58. The van der Waals surface area contributed by atoms with Crippen LogP contribution in [-0.4, -0.2) is 23.2 Å². The molecule has 2 N–H and O–H groups in total. The first-order valence-electron chi connectivity index (χ1n) is 6.42. The van der Waals surface area contributed by atoms with Crippen molar-refractivity contribution in [1.82, 2.24) is 5.32 Å². The highest BCUT2D eigenvalue weighted by Gasteiger charge is 2.28. The van der Waals surface area contributed by atoms with E-state index in [1.165, 1.54) is 0 Å². The van der Waals surface area contributed by atoms with E-state index in [0.717, 1.165) is 11.3 Å². The standard InChI is InChI=1S/C14H23NO2S/c1-5-10(2)14(4,17)9-15-13(16)11(3)12-7-6-8-18-12/h6-8,10-11,17H,5,9H2,1-4H3,(H,15,16). The quantitative estimate of drug-likeness (QED) is 0.834. The predicted octanol–water partition coefficient (Wildman–Crippen LogP) is 2.76. The number of carbonyl (C=O) groups is 1. The van der Waals surface area contributed by atoms with E-state index in [-0.39, 0.29) is 17.7 Å². The molecule has 0 spiro atoms. The summed E-state index contributed by atoms with van der Waals surface area (Å²) in [5.74, 6) is -0.0198. The van der Waals surface area contributed by atoms with Crippen LogP contribution in [0.3, 0.4) is 0 Å². The molecule has 0 aliphatic rings. The van der Waals surface area contributed by atoms with Crippen LogP contribution in [0.5, 0.6) is 0 Å². The number of nitrogens with one attached hydrogen (secondary N) is 1. The third-order valence-electron chi connectivity index (χ3n) is 3.66. The van der Waals surface area contributed by atoms with Crippen molar-refractivity contribution in [1.29, 1.82) is 0 Å². The Balaban J connectivity index is 2.51. The minimum absolute atomic E-state index is 0.0268. The van der Waals surface area contributed by atoms with E-state index in [2.05, 4.69) is 5.32 Å². The zero-order valence-electron chi connectivity index (χ0n) is 11.6. The van der Waals surface area contributed by atoms with Crippen LogP contribution in [0.25, 0.3) is 0 Å². The maximum Gasteiger partial charge on any atom is 0.228 e. The van der Waals surface area contributed by atoms with Gasteiger partial charge in [-0.25, -0.2) is 0 Å². The first kappa shape index (κ1) is 15.2. The SMILES string of the molecule is CCC(C)C(C)(O)CNC(=O)C(C)c1cccs1. The zero-order chi connectivity index (χ0) is 13.8. The molecule has 0 bridgehead atoms. The van der Waals surface area contributed by atoms with Gasteiger partial charge in [0, 0.05) is 11.4 Å². The molecule has 4 heteroatoms.